The lowest BCUT2D eigenvalue weighted by Crippen LogP contribution is -2.60. The van der Waals surface area contributed by atoms with Gasteiger partial charge in [0.1, 0.15) is 8.24 Å². The van der Waals surface area contributed by atoms with E-state index in [1.165, 1.54) is 49.5 Å². The van der Waals surface area contributed by atoms with Crippen LogP contribution >= 0.6 is 0 Å². The van der Waals surface area contributed by atoms with Crippen molar-refractivity contribution in [2.24, 2.45) is 17.8 Å². The molecule has 4 unspecified atom stereocenters. The Bertz CT molecular complexity index is 705. The highest BCUT2D eigenvalue weighted by molar-refractivity contribution is 6.76. The molecule has 1 heterocycles. The van der Waals surface area contributed by atoms with Crippen LogP contribution in [0.5, 0.6) is 0 Å². The number of benzene rings is 1. The quantitative estimate of drug-likeness (QED) is 0.850. The fraction of sp³-hybridized carbons (Fsp3) is 0.619. The van der Waals surface area contributed by atoms with Gasteiger partial charge in [0.25, 0.3) is 0 Å². The van der Waals surface area contributed by atoms with Crippen LogP contribution in [0.4, 0.5) is 0 Å². The van der Waals surface area contributed by atoms with Gasteiger partial charge in [-0.1, -0.05) is 62.9 Å². The molecule has 0 spiro atoms. The zero-order valence-electron chi connectivity index (χ0n) is 15.5. The lowest BCUT2D eigenvalue weighted by atomic mass is 9.89. The molecule has 4 atom stereocenters. The Hall–Kier alpha value is -0.903. The summed E-state index contributed by atoms with van der Waals surface area (Å²) in [6.45, 7) is 12.6. The van der Waals surface area contributed by atoms with E-state index < -0.39 is 8.24 Å². The molecule has 3 aliphatic rings. The van der Waals surface area contributed by atoms with Crippen LogP contribution in [0.25, 0.3) is 12.2 Å². The predicted octanol–water partition coefficient (Wildman–Crippen LogP) is 2.40. The maximum Gasteiger partial charge on any atom is 0.126 e. The number of hydrogen-bond donors (Lipinski definition) is 1. The molecular weight excluding hydrogens is 308 g/mol. The average Bonchev–Trinajstić information content (AvgIpc) is 2.98. The first-order chi connectivity index (χ1) is 11.6. The maximum absolute atomic E-state index is 3.54. The van der Waals surface area contributed by atoms with Crippen molar-refractivity contribution < 1.29 is 0 Å². The van der Waals surface area contributed by atoms with E-state index in [9.17, 15) is 0 Å². The molecule has 0 radical (unpaired) electrons. The standard InChI is InChI=1S/C21H32N2Si/c1-4-16-13-19-14-17-7-5-6-8-18(17)15-20(19)21(16)24(2,3)23-11-9-22-10-12-23/h5-8,14-16,19-22H,4,9-13H2,1-3H3. The van der Waals surface area contributed by atoms with Gasteiger partial charge >= 0.3 is 0 Å². The first-order valence-electron chi connectivity index (χ1n) is 9.86. The number of nitrogens with one attached hydrogen (secondary N) is 1. The molecule has 2 aliphatic carbocycles. The summed E-state index contributed by atoms with van der Waals surface area (Å²) in [5.41, 5.74) is 0.898. The normalized spacial score (nSPS) is 33.3. The fourth-order valence-corrected chi connectivity index (χ4v) is 10.4. The van der Waals surface area contributed by atoms with Crippen LogP contribution in [0.15, 0.2) is 24.3 Å². The maximum atomic E-state index is 3.54. The van der Waals surface area contributed by atoms with Crippen LogP contribution < -0.4 is 15.8 Å². The monoisotopic (exact) mass is 340 g/mol. The summed E-state index contributed by atoms with van der Waals surface area (Å²) in [7, 11) is -1.44. The van der Waals surface area contributed by atoms with Crippen LogP contribution in [0.1, 0.15) is 19.8 Å². The first kappa shape index (κ1) is 16.6. The molecule has 0 aromatic heterocycles. The molecule has 1 N–H and O–H groups in total. The highest BCUT2D eigenvalue weighted by Gasteiger charge is 2.51. The van der Waals surface area contributed by atoms with Gasteiger partial charge in [-0.3, -0.25) is 0 Å². The number of piperazine rings is 1. The zero-order chi connectivity index (χ0) is 16.7. The minimum absolute atomic E-state index is 0.765. The molecule has 1 aromatic carbocycles. The Morgan fingerprint density at radius 3 is 2.42 bits per heavy atom. The number of rotatable bonds is 3. The zero-order valence-corrected chi connectivity index (χ0v) is 16.5. The molecule has 1 saturated heterocycles. The minimum atomic E-state index is -1.44. The van der Waals surface area contributed by atoms with Crippen LogP contribution in [-0.2, 0) is 0 Å². The highest BCUT2D eigenvalue weighted by atomic mass is 28.3. The van der Waals surface area contributed by atoms with E-state index in [2.05, 4.69) is 66.3 Å². The lowest BCUT2D eigenvalue weighted by Gasteiger charge is -2.47. The second-order valence-corrected chi connectivity index (χ2v) is 13.1. The van der Waals surface area contributed by atoms with E-state index in [4.69, 9.17) is 0 Å². The van der Waals surface area contributed by atoms with Gasteiger partial charge in [-0.15, -0.1) is 0 Å². The van der Waals surface area contributed by atoms with Gasteiger partial charge in [-0.2, -0.15) is 0 Å². The Labute approximate surface area is 147 Å². The van der Waals surface area contributed by atoms with Crippen molar-refractivity contribution in [1.82, 2.24) is 9.88 Å². The summed E-state index contributed by atoms with van der Waals surface area (Å²) >= 11 is 0. The van der Waals surface area contributed by atoms with E-state index >= 15 is 0 Å². The van der Waals surface area contributed by atoms with Crippen molar-refractivity contribution in [1.29, 1.82) is 0 Å². The molecule has 1 saturated carbocycles. The molecule has 130 valence electrons. The third-order valence-electron chi connectivity index (χ3n) is 7.03. The summed E-state index contributed by atoms with van der Waals surface area (Å²) in [5, 5.41) is 6.48. The molecule has 24 heavy (non-hydrogen) atoms. The second-order valence-electron chi connectivity index (χ2n) is 8.52. The molecule has 4 rings (SSSR count). The highest BCUT2D eigenvalue weighted by Crippen LogP contribution is 2.54. The van der Waals surface area contributed by atoms with Crippen molar-refractivity contribution in [2.45, 2.75) is 38.4 Å². The molecule has 0 amide bonds. The largest absolute Gasteiger partial charge is 0.321 e. The fourth-order valence-electron chi connectivity index (χ4n) is 5.81. The molecular formula is C21H32N2Si. The van der Waals surface area contributed by atoms with Gasteiger partial charge in [-0.05, 0) is 40.2 Å². The van der Waals surface area contributed by atoms with Gasteiger partial charge in [0.05, 0.1) is 0 Å². The van der Waals surface area contributed by atoms with Crippen molar-refractivity contribution in [3.63, 3.8) is 0 Å². The minimum Gasteiger partial charge on any atom is -0.321 e. The van der Waals surface area contributed by atoms with Crippen LogP contribution in [0, 0.1) is 17.8 Å². The van der Waals surface area contributed by atoms with Gasteiger partial charge in [0.15, 0.2) is 0 Å². The van der Waals surface area contributed by atoms with Crippen LogP contribution in [0.2, 0.25) is 18.6 Å². The summed E-state index contributed by atoms with van der Waals surface area (Å²) in [4.78, 5) is 0. The van der Waals surface area contributed by atoms with Crippen molar-refractivity contribution in [3.8, 4) is 0 Å². The van der Waals surface area contributed by atoms with Gasteiger partial charge < -0.3 is 9.88 Å². The predicted molar refractivity (Wildman–Crippen MR) is 106 cm³/mol. The van der Waals surface area contributed by atoms with E-state index in [0.29, 0.717) is 0 Å². The van der Waals surface area contributed by atoms with Crippen molar-refractivity contribution in [2.75, 3.05) is 26.2 Å². The SMILES string of the molecule is CCC1CC2C=c3ccccc3=CC2C1[Si](C)(C)N1CCNCC1. The Morgan fingerprint density at radius 2 is 1.75 bits per heavy atom. The number of hydrogen-bond acceptors (Lipinski definition) is 2. The van der Waals surface area contributed by atoms with Gasteiger partial charge in [-0.25, -0.2) is 0 Å². The molecule has 3 heteroatoms. The number of nitrogens with zero attached hydrogens (tertiary/aromatic N) is 1. The third kappa shape index (κ3) is 2.71. The van der Waals surface area contributed by atoms with Crippen molar-refractivity contribution >= 4 is 20.4 Å². The van der Waals surface area contributed by atoms with Gasteiger partial charge in [0, 0.05) is 26.2 Å². The number of fused-ring (bicyclic) bond motifs is 2. The Balaban J connectivity index is 1.72. The molecule has 1 aromatic rings. The topological polar surface area (TPSA) is 15.3 Å². The third-order valence-corrected chi connectivity index (χ3v) is 11.6. The van der Waals surface area contributed by atoms with E-state index in [1.54, 1.807) is 0 Å². The van der Waals surface area contributed by atoms with Crippen molar-refractivity contribution in [3.05, 3.63) is 34.7 Å². The molecule has 0 bridgehead atoms. The molecule has 1 aliphatic heterocycles. The smallest absolute Gasteiger partial charge is 0.126 e. The van der Waals surface area contributed by atoms with Crippen LogP contribution in [-0.4, -0.2) is 39.0 Å². The average molecular weight is 341 g/mol. The Kier molecular flexibility index (Phi) is 4.44. The summed E-state index contributed by atoms with van der Waals surface area (Å²) in [6, 6.07) is 9.00. The summed E-state index contributed by atoms with van der Waals surface area (Å²) in [6.07, 6.45) is 8.00. The van der Waals surface area contributed by atoms with Crippen LogP contribution in [0.3, 0.4) is 0 Å². The second kappa shape index (κ2) is 6.43. The van der Waals surface area contributed by atoms with E-state index in [-0.39, 0.29) is 0 Å². The van der Waals surface area contributed by atoms with Gasteiger partial charge in [0.2, 0.25) is 0 Å². The first-order valence-corrected chi connectivity index (χ1v) is 12.9. The summed E-state index contributed by atoms with van der Waals surface area (Å²) < 4.78 is 2.90. The Morgan fingerprint density at radius 1 is 1.08 bits per heavy atom. The summed E-state index contributed by atoms with van der Waals surface area (Å²) in [5.74, 6) is 2.43. The molecule has 2 fully saturated rings. The molecule has 2 nitrogen and oxygen atoms in total. The lowest BCUT2D eigenvalue weighted by molar-refractivity contribution is 0.339. The van der Waals surface area contributed by atoms with E-state index in [1.807, 2.05) is 0 Å². The van der Waals surface area contributed by atoms with E-state index in [0.717, 1.165) is 23.3 Å².